The molecule has 4 nitrogen and oxygen atoms in total. The van der Waals surface area contributed by atoms with E-state index >= 15 is 0 Å². The highest BCUT2D eigenvalue weighted by molar-refractivity contribution is 6.08. The second kappa shape index (κ2) is 4.92. The molecule has 0 N–H and O–H groups in total. The highest BCUT2D eigenvalue weighted by Crippen LogP contribution is 2.26. The first-order valence-corrected chi connectivity index (χ1v) is 5.44. The Labute approximate surface area is 111 Å². The molecule has 0 aliphatic heterocycles. The minimum Gasteiger partial charge on any atom is -0.464 e. The van der Waals surface area contributed by atoms with Crippen LogP contribution in [0, 0.1) is 17.5 Å². The van der Waals surface area contributed by atoms with Gasteiger partial charge in [0, 0.05) is 11.6 Å². The van der Waals surface area contributed by atoms with Crippen molar-refractivity contribution in [2.45, 2.75) is 6.92 Å². The molecule has 0 saturated heterocycles. The van der Waals surface area contributed by atoms with Gasteiger partial charge in [-0.3, -0.25) is 4.79 Å². The van der Waals surface area contributed by atoms with Gasteiger partial charge < -0.3 is 4.74 Å². The number of ketones is 1. The highest BCUT2D eigenvalue weighted by atomic mass is 19.2. The molecule has 0 saturated carbocycles. The SMILES string of the molecule is COC(=O)c1cc(C(C)=O)c2c(F)c(F)c(F)cc2n1. The molecular weight excluding hydrogens is 275 g/mol. The second-order valence-corrected chi connectivity index (χ2v) is 3.98. The molecule has 0 bridgehead atoms. The van der Waals surface area contributed by atoms with Gasteiger partial charge in [0.05, 0.1) is 18.0 Å². The van der Waals surface area contributed by atoms with E-state index in [0.29, 0.717) is 6.07 Å². The number of aromatic nitrogens is 1. The van der Waals surface area contributed by atoms with Crippen molar-refractivity contribution in [3.05, 3.63) is 40.8 Å². The Kier molecular flexibility index (Phi) is 3.44. The number of halogens is 3. The fourth-order valence-electron chi connectivity index (χ4n) is 1.78. The van der Waals surface area contributed by atoms with Crippen LogP contribution < -0.4 is 0 Å². The number of benzene rings is 1. The molecule has 0 aliphatic rings. The number of carbonyl (C=O) groups excluding carboxylic acids is 2. The molecule has 2 aromatic rings. The zero-order chi connectivity index (χ0) is 15.0. The van der Waals surface area contributed by atoms with E-state index in [2.05, 4.69) is 9.72 Å². The largest absolute Gasteiger partial charge is 0.464 e. The molecule has 1 heterocycles. The van der Waals surface area contributed by atoms with Crippen molar-refractivity contribution in [2.24, 2.45) is 0 Å². The zero-order valence-electron chi connectivity index (χ0n) is 10.5. The van der Waals surface area contributed by atoms with Crippen LogP contribution in [0.15, 0.2) is 12.1 Å². The number of carbonyl (C=O) groups is 2. The molecule has 0 radical (unpaired) electrons. The standard InChI is InChI=1S/C13H8F3NO3/c1-5(18)6-3-9(13(19)20-2)17-8-4-7(14)11(15)12(16)10(6)8/h3-4H,1-2H3. The number of fused-ring (bicyclic) bond motifs is 1. The summed E-state index contributed by atoms with van der Waals surface area (Å²) in [6.45, 7) is 1.11. The molecule has 1 aromatic carbocycles. The molecule has 0 unspecified atom stereocenters. The number of esters is 1. The topological polar surface area (TPSA) is 56.3 Å². The van der Waals surface area contributed by atoms with Gasteiger partial charge in [-0.25, -0.2) is 22.9 Å². The van der Waals surface area contributed by atoms with Crippen LogP contribution in [-0.4, -0.2) is 23.8 Å². The van der Waals surface area contributed by atoms with Crippen LogP contribution in [0.4, 0.5) is 13.2 Å². The minimum atomic E-state index is -1.70. The van der Waals surface area contributed by atoms with Crippen LogP contribution in [0.3, 0.4) is 0 Å². The number of Topliss-reactive ketones (excluding diaryl/α,β-unsaturated/α-hetero) is 1. The first-order chi connectivity index (χ1) is 9.36. The fourth-order valence-corrected chi connectivity index (χ4v) is 1.78. The summed E-state index contributed by atoms with van der Waals surface area (Å²) >= 11 is 0. The summed E-state index contributed by atoms with van der Waals surface area (Å²) < 4.78 is 44.7. The van der Waals surface area contributed by atoms with Crippen molar-refractivity contribution >= 4 is 22.7 Å². The van der Waals surface area contributed by atoms with Gasteiger partial charge in [-0.1, -0.05) is 0 Å². The van der Waals surface area contributed by atoms with E-state index in [1.807, 2.05) is 0 Å². The lowest BCUT2D eigenvalue weighted by Gasteiger charge is -2.08. The molecule has 0 aliphatic carbocycles. The molecule has 104 valence electrons. The highest BCUT2D eigenvalue weighted by Gasteiger charge is 2.22. The smallest absolute Gasteiger partial charge is 0.356 e. The van der Waals surface area contributed by atoms with E-state index in [-0.39, 0.29) is 16.8 Å². The van der Waals surface area contributed by atoms with E-state index in [9.17, 15) is 22.8 Å². The molecule has 20 heavy (non-hydrogen) atoms. The summed E-state index contributed by atoms with van der Waals surface area (Å²) in [5, 5.41) is -0.468. The number of pyridine rings is 1. The third-order valence-corrected chi connectivity index (χ3v) is 2.71. The third-order valence-electron chi connectivity index (χ3n) is 2.71. The van der Waals surface area contributed by atoms with E-state index in [4.69, 9.17) is 0 Å². The average Bonchev–Trinajstić information content (AvgIpc) is 2.42. The number of methoxy groups -OCH3 is 1. The molecule has 0 fully saturated rings. The summed E-state index contributed by atoms with van der Waals surface area (Å²) in [6, 6.07) is 1.60. The Morgan fingerprint density at radius 2 is 1.80 bits per heavy atom. The van der Waals surface area contributed by atoms with Crippen LogP contribution >= 0.6 is 0 Å². The predicted molar refractivity (Wildman–Crippen MR) is 63.0 cm³/mol. The van der Waals surface area contributed by atoms with Crippen molar-refractivity contribution in [1.82, 2.24) is 4.98 Å². The first-order valence-electron chi connectivity index (χ1n) is 5.44. The summed E-state index contributed by atoms with van der Waals surface area (Å²) in [6.07, 6.45) is 0. The van der Waals surface area contributed by atoms with Crippen molar-refractivity contribution in [2.75, 3.05) is 7.11 Å². The van der Waals surface area contributed by atoms with Crippen molar-refractivity contribution < 1.29 is 27.5 Å². The Balaban J connectivity index is 2.93. The van der Waals surface area contributed by atoms with Crippen LogP contribution in [0.5, 0.6) is 0 Å². The lowest BCUT2D eigenvalue weighted by atomic mass is 10.0. The van der Waals surface area contributed by atoms with Crippen LogP contribution in [0.25, 0.3) is 10.9 Å². The summed E-state index contributed by atoms with van der Waals surface area (Å²) in [5.74, 6) is -6.17. The maximum absolute atomic E-state index is 13.8. The zero-order valence-corrected chi connectivity index (χ0v) is 10.5. The molecular formula is C13H8F3NO3. The van der Waals surface area contributed by atoms with Crippen molar-refractivity contribution in [3.8, 4) is 0 Å². The molecule has 1 aromatic heterocycles. The average molecular weight is 283 g/mol. The van der Waals surface area contributed by atoms with Crippen LogP contribution in [-0.2, 0) is 4.74 Å². The summed E-state index contributed by atoms with van der Waals surface area (Å²) in [5.41, 5.74) is -0.906. The van der Waals surface area contributed by atoms with Crippen molar-refractivity contribution in [1.29, 1.82) is 0 Å². The van der Waals surface area contributed by atoms with Gasteiger partial charge in [0.25, 0.3) is 0 Å². The molecule has 0 atom stereocenters. The fraction of sp³-hybridized carbons (Fsp3) is 0.154. The van der Waals surface area contributed by atoms with E-state index in [1.54, 1.807) is 0 Å². The first kappa shape index (κ1) is 14.0. The van der Waals surface area contributed by atoms with E-state index < -0.39 is 34.6 Å². The van der Waals surface area contributed by atoms with Gasteiger partial charge in [0.2, 0.25) is 0 Å². The predicted octanol–water partition coefficient (Wildman–Crippen LogP) is 2.64. The quantitative estimate of drug-likeness (QED) is 0.483. The third kappa shape index (κ3) is 2.11. The molecule has 2 rings (SSSR count). The van der Waals surface area contributed by atoms with E-state index in [0.717, 1.165) is 20.1 Å². The Morgan fingerprint density at radius 3 is 2.35 bits per heavy atom. The molecule has 0 amide bonds. The maximum Gasteiger partial charge on any atom is 0.356 e. The van der Waals surface area contributed by atoms with Gasteiger partial charge in [0.1, 0.15) is 5.69 Å². The Morgan fingerprint density at radius 1 is 1.15 bits per heavy atom. The number of ether oxygens (including phenoxy) is 1. The lowest BCUT2D eigenvalue weighted by molar-refractivity contribution is 0.0594. The van der Waals surface area contributed by atoms with Gasteiger partial charge in [-0.05, 0) is 13.0 Å². The monoisotopic (exact) mass is 283 g/mol. The number of hydrogen-bond acceptors (Lipinski definition) is 4. The van der Waals surface area contributed by atoms with Crippen LogP contribution in [0.2, 0.25) is 0 Å². The van der Waals surface area contributed by atoms with Crippen LogP contribution in [0.1, 0.15) is 27.8 Å². The van der Waals surface area contributed by atoms with Gasteiger partial charge >= 0.3 is 5.97 Å². The Bertz CT molecular complexity index is 743. The van der Waals surface area contributed by atoms with Crippen molar-refractivity contribution in [3.63, 3.8) is 0 Å². The normalized spacial score (nSPS) is 10.7. The van der Waals surface area contributed by atoms with E-state index in [1.165, 1.54) is 0 Å². The minimum absolute atomic E-state index is 0.271. The molecule has 7 heteroatoms. The summed E-state index contributed by atoms with van der Waals surface area (Å²) in [7, 11) is 1.09. The number of nitrogens with zero attached hydrogens (tertiary/aromatic N) is 1. The Hall–Kier alpha value is -2.44. The van der Waals surface area contributed by atoms with Gasteiger partial charge in [-0.2, -0.15) is 0 Å². The second-order valence-electron chi connectivity index (χ2n) is 3.98. The lowest BCUT2D eigenvalue weighted by Crippen LogP contribution is -2.09. The number of rotatable bonds is 2. The maximum atomic E-state index is 13.8. The van der Waals surface area contributed by atoms with Gasteiger partial charge in [-0.15, -0.1) is 0 Å². The van der Waals surface area contributed by atoms with Gasteiger partial charge in [0.15, 0.2) is 23.2 Å². The number of hydrogen-bond donors (Lipinski definition) is 0. The summed E-state index contributed by atoms with van der Waals surface area (Å²) in [4.78, 5) is 26.6. The molecule has 0 spiro atoms.